The van der Waals surface area contributed by atoms with E-state index in [0.29, 0.717) is 11.3 Å². The molecule has 0 spiro atoms. The molecule has 0 atom stereocenters. The van der Waals surface area contributed by atoms with Gasteiger partial charge in [-0.15, -0.1) is 0 Å². The molecule has 0 saturated heterocycles. The lowest BCUT2D eigenvalue weighted by Crippen LogP contribution is -2.14. The van der Waals surface area contributed by atoms with Crippen molar-refractivity contribution in [2.75, 3.05) is 5.73 Å². The van der Waals surface area contributed by atoms with Gasteiger partial charge in [-0.2, -0.15) is 0 Å². The first-order valence-electron chi connectivity index (χ1n) is 4.69. The van der Waals surface area contributed by atoms with Gasteiger partial charge in [0, 0.05) is 3.57 Å². The third kappa shape index (κ3) is 2.84. The van der Waals surface area contributed by atoms with Crippen LogP contribution in [-0.4, -0.2) is 12.1 Å². The Bertz CT molecular complexity index is 388. The average Bonchev–Trinajstić information content (AvgIpc) is 2.13. The normalized spacial score (nSPS) is 10.5. The average molecular weight is 319 g/mol. The fourth-order valence-corrected chi connectivity index (χ4v) is 1.63. The van der Waals surface area contributed by atoms with Gasteiger partial charge in [-0.25, -0.2) is 4.79 Å². The van der Waals surface area contributed by atoms with Crippen LogP contribution in [0.1, 0.15) is 29.8 Å². The molecule has 0 aromatic heterocycles. The smallest absolute Gasteiger partial charge is 0.340 e. The predicted molar refractivity (Wildman–Crippen MR) is 68.9 cm³/mol. The maximum Gasteiger partial charge on any atom is 0.340 e. The second-order valence-corrected chi connectivity index (χ2v) is 4.75. The standard InChI is InChI=1S/C11H14INO2/c1-6(2)15-11(14)8-4-5-9(12)7(3)10(8)13/h4-6H,13H2,1-3H3. The number of hydrogen-bond acceptors (Lipinski definition) is 3. The van der Waals surface area contributed by atoms with Crippen molar-refractivity contribution in [3.8, 4) is 0 Å². The molecule has 0 fully saturated rings. The van der Waals surface area contributed by atoms with Crippen LogP contribution in [0.5, 0.6) is 0 Å². The maximum absolute atomic E-state index is 11.6. The molecule has 0 radical (unpaired) electrons. The molecule has 4 heteroatoms. The number of rotatable bonds is 2. The molecule has 0 aliphatic carbocycles. The van der Waals surface area contributed by atoms with Gasteiger partial charge in [0.1, 0.15) is 0 Å². The molecule has 0 unspecified atom stereocenters. The van der Waals surface area contributed by atoms with Crippen LogP contribution in [-0.2, 0) is 4.74 Å². The number of anilines is 1. The SMILES string of the molecule is Cc1c(I)ccc(C(=O)OC(C)C)c1N. The fraction of sp³-hybridized carbons (Fsp3) is 0.364. The van der Waals surface area contributed by atoms with Crippen LogP contribution in [0.2, 0.25) is 0 Å². The Morgan fingerprint density at radius 1 is 1.47 bits per heavy atom. The van der Waals surface area contributed by atoms with E-state index in [1.54, 1.807) is 6.07 Å². The van der Waals surface area contributed by atoms with Gasteiger partial charge in [0.25, 0.3) is 0 Å². The zero-order valence-electron chi connectivity index (χ0n) is 9.00. The van der Waals surface area contributed by atoms with Crippen molar-refractivity contribution >= 4 is 34.2 Å². The quantitative estimate of drug-likeness (QED) is 0.518. The highest BCUT2D eigenvalue weighted by Crippen LogP contribution is 2.23. The zero-order valence-corrected chi connectivity index (χ0v) is 11.2. The summed E-state index contributed by atoms with van der Waals surface area (Å²) in [5.41, 5.74) is 7.73. The van der Waals surface area contributed by atoms with Crippen LogP contribution in [0.3, 0.4) is 0 Å². The fourth-order valence-electron chi connectivity index (χ4n) is 1.16. The lowest BCUT2D eigenvalue weighted by atomic mass is 10.1. The summed E-state index contributed by atoms with van der Waals surface area (Å²) < 4.78 is 6.14. The maximum atomic E-state index is 11.6. The molecule has 0 aliphatic heterocycles. The minimum Gasteiger partial charge on any atom is -0.459 e. The molecule has 1 aromatic carbocycles. The number of carbonyl (C=O) groups excluding carboxylic acids is 1. The number of nitrogen functional groups attached to an aromatic ring is 1. The first kappa shape index (κ1) is 12.3. The van der Waals surface area contributed by atoms with Crippen molar-refractivity contribution in [1.82, 2.24) is 0 Å². The van der Waals surface area contributed by atoms with Crippen LogP contribution in [0, 0.1) is 10.5 Å². The third-order valence-corrected chi connectivity index (χ3v) is 3.18. The molecule has 0 aliphatic rings. The molecule has 0 saturated carbocycles. The van der Waals surface area contributed by atoms with Gasteiger partial charge >= 0.3 is 5.97 Å². The Balaban J connectivity index is 3.06. The number of nitrogens with two attached hydrogens (primary N) is 1. The summed E-state index contributed by atoms with van der Waals surface area (Å²) in [4.78, 5) is 11.6. The van der Waals surface area contributed by atoms with E-state index in [0.717, 1.165) is 9.13 Å². The molecule has 1 rings (SSSR count). The number of benzene rings is 1. The monoisotopic (exact) mass is 319 g/mol. The molecular formula is C11H14INO2. The van der Waals surface area contributed by atoms with Gasteiger partial charge in [0.15, 0.2) is 0 Å². The molecule has 0 bridgehead atoms. The molecule has 0 amide bonds. The number of esters is 1. The number of hydrogen-bond donors (Lipinski definition) is 1. The highest BCUT2D eigenvalue weighted by atomic mass is 127. The van der Waals surface area contributed by atoms with Crippen molar-refractivity contribution in [2.45, 2.75) is 26.9 Å². The van der Waals surface area contributed by atoms with Crippen molar-refractivity contribution in [3.05, 3.63) is 26.8 Å². The highest BCUT2D eigenvalue weighted by molar-refractivity contribution is 14.1. The second-order valence-electron chi connectivity index (χ2n) is 3.59. The zero-order chi connectivity index (χ0) is 11.6. The van der Waals surface area contributed by atoms with Crippen LogP contribution in [0.4, 0.5) is 5.69 Å². The summed E-state index contributed by atoms with van der Waals surface area (Å²) in [6.45, 7) is 5.52. The Hall–Kier alpha value is -0.780. The van der Waals surface area contributed by atoms with Crippen molar-refractivity contribution in [2.24, 2.45) is 0 Å². The lowest BCUT2D eigenvalue weighted by Gasteiger charge is -2.11. The van der Waals surface area contributed by atoms with E-state index >= 15 is 0 Å². The molecule has 1 aromatic rings. The predicted octanol–water partition coefficient (Wildman–Crippen LogP) is 2.75. The van der Waals surface area contributed by atoms with Gasteiger partial charge in [-0.1, -0.05) is 0 Å². The Labute approximate surface area is 103 Å². The van der Waals surface area contributed by atoms with Gasteiger partial charge in [0.2, 0.25) is 0 Å². The van der Waals surface area contributed by atoms with Gasteiger partial charge < -0.3 is 10.5 Å². The molecule has 2 N–H and O–H groups in total. The van der Waals surface area contributed by atoms with Crippen molar-refractivity contribution < 1.29 is 9.53 Å². The summed E-state index contributed by atoms with van der Waals surface area (Å²) in [7, 11) is 0. The first-order valence-corrected chi connectivity index (χ1v) is 5.77. The van der Waals surface area contributed by atoms with E-state index in [-0.39, 0.29) is 12.1 Å². The summed E-state index contributed by atoms with van der Waals surface area (Å²) >= 11 is 2.18. The highest BCUT2D eigenvalue weighted by Gasteiger charge is 2.15. The van der Waals surface area contributed by atoms with Gasteiger partial charge in [-0.05, 0) is 61.1 Å². The Morgan fingerprint density at radius 3 is 2.60 bits per heavy atom. The van der Waals surface area contributed by atoms with Crippen LogP contribution >= 0.6 is 22.6 Å². The van der Waals surface area contributed by atoms with Crippen LogP contribution < -0.4 is 5.73 Å². The van der Waals surface area contributed by atoms with Gasteiger partial charge in [-0.3, -0.25) is 0 Å². The molecule has 82 valence electrons. The molecule has 3 nitrogen and oxygen atoms in total. The van der Waals surface area contributed by atoms with Crippen molar-refractivity contribution in [1.29, 1.82) is 0 Å². The largest absolute Gasteiger partial charge is 0.459 e. The molecule has 0 heterocycles. The van der Waals surface area contributed by atoms with E-state index in [2.05, 4.69) is 22.6 Å². The summed E-state index contributed by atoms with van der Waals surface area (Å²) in [6.07, 6.45) is -0.128. The minimum atomic E-state index is -0.359. The van der Waals surface area contributed by atoms with E-state index in [4.69, 9.17) is 10.5 Å². The van der Waals surface area contributed by atoms with Crippen LogP contribution in [0.25, 0.3) is 0 Å². The van der Waals surface area contributed by atoms with E-state index in [1.807, 2.05) is 26.8 Å². The van der Waals surface area contributed by atoms with Crippen LogP contribution in [0.15, 0.2) is 12.1 Å². The Kier molecular flexibility index (Phi) is 3.96. The van der Waals surface area contributed by atoms with E-state index in [1.165, 1.54) is 0 Å². The van der Waals surface area contributed by atoms with E-state index < -0.39 is 0 Å². The molecule has 15 heavy (non-hydrogen) atoms. The number of carbonyl (C=O) groups is 1. The third-order valence-electron chi connectivity index (χ3n) is 2.01. The lowest BCUT2D eigenvalue weighted by molar-refractivity contribution is 0.0379. The number of halogens is 1. The summed E-state index contributed by atoms with van der Waals surface area (Å²) in [5, 5.41) is 0. The Morgan fingerprint density at radius 2 is 2.07 bits per heavy atom. The number of ether oxygens (including phenoxy) is 1. The van der Waals surface area contributed by atoms with Gasteiger partial charge in [0.05, 0.1) is 17.4 Å². The molecular weight excluding hydrogens is 305 g/mol. The van der Waals surface area contributed by atoms with Crippen molar-refractivity contribution in [3.63, 3.8) is 0 Å². The van der Waals surface area contributed by atoms with E-state index in [9.17, 15) is 4.79 Å². The topological polar surface area (TPSA) is 52.3 Å². The second kappa shape index (κ2) is 4.83. The summed E-state index contributed by atoms with van der Waals surface area (Å²) in [6, 6.07) is 3.57. The summed E-state index contributed by atoms with van der Waals surface area (Å²) in [5.74, 6) is -0.359. The first-order chi connectivity index (χ1) is 6.93. The minimum absolute atomic E-state index is 0.128.